The van der Waals surface area contributed by atoms with Crippen molar-refractivity contribution in [2.45, 2.75) is 156 Å². The molecule has 0 nitrogen and oxygen atoms in total. The van der Waals surface area contributed by atoms with Crippen LogP contribution in [0.2, 0.25) is 0 Å². The van der Waals surface area contributed by atoms with Crippen LogP contribution in [0.5, 0.6) is 0 Å². The lowest BCUT2D eigenvalue weighted by atomic mass is 10.0. The molecule has 0 saturated carbocycles. The Bertz CT molecular complexity index is 283. The molecule has 184 valence electrons. The summed E-state index contributed by atoms with van der Waals surface area (Å²) in [6.07, 6.45) is 36.0. The summed E-state index contributed by atoms with van der Waals surface area (Å²) >= 11 is 0. The van der Waals surface area contributed by atoms with Crippen LogP contribution in [0, 0.1) is 0 Å². The zero-order chi connectivity index (χ0) is 21.5. The molecule has 0 heterocycles. The second kappa shape index (κ2) is 26.2. The van der Waals surface area contributed by atoms with E-state index in [-0.39, 0.29) is 17.0 Å². The van der Waals surface area contributed by atoms with E-state index in [1.165, 1.54) is 122 Å². The molecule has 0 aromatic heterocycles. The second-order valence-electron chi connectivity index (χ2n) is 9.89. The third-order valence-electron chi connectivity index (χ3n) is 6.94. The van der Waals surface area contributed by atoms with Crippen molar-refractivity contribution in [2.75, 3.05) is 24.6 Å². The zero-order valence-electron chi connectivity index (χ0n) is 21.8. The Morgan fingerprint density at radius 1 is 0.300 bits per heavy atom. The Morgan fingerprint density at radius 3 is 0.833 bits per heavy atom. The molecule has 0 aliphatic heterocycles. The van der Waals surface area contributed by atoms with Crippen molar-refractivity contribution in [1.29, 1.82) is 0 Å². The minimum absolute atomic E-state index is 0. The largest absolute Gasteiger partial charge is 0.114 e. The van der Waals surface area contributed by atoms with E-state index < -0.39 is 7.26 Å². The maximum absolute atomic E-state index is 2.39. The molecule has 0 bridgehead atoms. The van der Waals surface area contributed by atoms with E-state index >= 15 is 0 Å². The van der Waals surface area contributed by atoms with Gasteiger partial charge in [-0.3, -0.25) is 0 Å². The Kier molecular flexibility index (Phi) is 28.9. The van der Waals surface area contributed by atoms with Crippen molar-refractivity contribution >= 4 is 24.2 Å². The standard InChI is InChI=1S/C28H60P.BrH/c1-5-9-13-14-15-16-17-18-19-20-21-22-23-24-28-29(25-10-6-2,26-11-7-3)27-12-8-4;/h5-28H2,1-4H3;1H/q+1;. The van der Waals surface area contributed by atoms with Gasteiger partial charge in [0.15, 0.2) is 0 Å². The van der Waals surface area contributed by atoms with Crippen LogP contribution in [0.4, 0.5) is 0 Å². The van der Waals surface area contributed by atoms with Gasteiger partial charge in [0.1, 0.15) is 0 Å². The van der Waals surface area contributed by atoms with Crippen LogP contribution < -0.4 is 0 Å². The summed E-state index contributed by atoms with van der Waals surface area (Å²) in [6, 6.07) is 0. The van der Waals surface area contributed by atoms with Gasteiger partial charge in [-0.2, -0.15) is 0 Å². The van der Waals surface area contributed by atoms with Crippen LogP contribution in [0.15, 0.2) is 0 Å². The van der Waals surface area contributed by atoms with Crippen LogP contribution >= 0.6 is 24.2 Å². The van der Waals surface area contributed by atoms with Crippen molar-refractivity contribution in [1.82, 2.24) is 0 Å². The molecule has 0 aliphatic carbocycles. The molecule has 0 spiro atoms. The van der Waals surface area contributed by atoms with Gasteiger partial charge in [-0.1, -0.05) is 124 Å². The van der Waals surface area contributed by atoms with Gasteiger partial charge in [0.2, 0.25) is 0 Å². The van der Waals surface area contributed by atoms with Gasteiger partial charge >= 0.3 is 0 Å². The SMILES string of the molecule is Br.CCCCCCCCCCCCCCCC[P+](CCCC)(CCCC)CCCC. The summed E-state index contributed by atoms with van der Waals surface area (Å²) in [6.45, 7) is 9.48. The molecule has 30 heavy (non-hydrogen) atoms. The van der Waals surface area contributed by atoms with E-state index in [2.05, 4.69) is 27.7 Å². The van der Waals surface area contributed by atoms with E-state index in [4.69, 9.17) is 0 Å². The summed E-state index contributed by atoms with van der Waals surface area (Å²) < 4.78 is 0. The van der Waals surface area contributed by atoms with E-state index in [1.54, 1.807) is 31.1 Å². The molecular formula is C28H61BrP+. The molecule has 0 atom stereocenters. The highest BCUT2D eigenvalue weighted by Crippen LogP contribution is 2.61. The Morgan fingerprint density at radius 2 is 0.533 bits per heavy atom. The average molecular weight is 509 g/mol. The van der Waals surface area contributed by atoms with Crippen LogP contribution in [0.3, 0.4) is 0 Å². The predicted molar refractivity (Wildman–Crippen MR) is 152 cm³/mol. The highest BCUT2D eigenvalue weighted by molar-refractivity contribution is 8.93. The number of rotatable bonds is 24. The maximum Gasteiger partial charge on any atom is 0.0594 e. The van der Waals surface area contributed by atoms with Crippen molar-refractivity contribution < 1.29 is 0 Å². The summed E-state index contributed by atoms with van der Waals surface area (Å²) in [7, 11) is -0.630. The van der Waals surface area contributed by atoms with Crippen molar-refractivity contribution in [3.8, 4) is 0 Å². The monoisotopic (exact) mass is 507 g/mol. The number of hydrogen-bond donors (Lipinski definition) is 0. The molecule has 0 rings (SSSR count). The minimum Gasteiger partial charge on any atom is -0.114 e. The zero-order valence-corrected chi connectivity index (χ0v) is 24.4. The van der Waals surface area contributed by atoms with E-state index in [0.29, 0.717) is 0 Å². The predicted octanol–water partition coefficient (Wildman–Crippen LogP) is 11.5. The highest BCUT2D eigenvalue weighted by Gasteiger charge is 2.34. The van der Waals surface area contributed by atoms with Gasteiger partial charge < -0.3 is 0 Å². The minimum atomic E-state index is -0.630. The fourth-order valence-corrected chi connectivity index (χ4v) is 9.99. The molecule has 0 aliphatic rings. The molecule has 0 amide bonds. The summed E-state index contributed by atoms with van der Waals surface area (Å²) in [4.78, 5) is 0. The lowest BCUT2D eigenvalue weighted by molar-refractivity contribution is 0.538. The first-order chi connectivity index (χ1) is 14.2. The van der Waals surface area contributed by atoms with E-state index in [9.17, 15) is 0 Å². The first-order valence-corrected chi connectivity index (χ1v) is 16.6. The maximum atomic E-state index is 2.39. The first-order valence-electron chi connectivity index (χ1n) is 14.1. The van der Waals surface area contributed by atoms with Crippen LogP contribution in [-0.4, -0.2) is 24.6 Å². The molecule has 2 heteroatoms. The fraction of sp³-hybridized carbons (Fsp3) is 1.00. The molecule has 0 aromatic rings. The van der Waals surface area contributed by atoms with Gasteiger partial charge in [0, 0.05) is 7.26 Å². The van der Waals surface area contributed by atoms with Crippen molar-refractivity contribution in [2.24, 2.45) is 0 Å². The Labute approximate surface area is 204 Å². The van der Waals surface area contributed by atoms with Gasteiger partial charge in [0.05, 0.1) is 24.6 Å². The molecular weight excluding hydrogens is 447 g/mol. The number of hydrogen-bond acceptors (Lipinski definition) is 0. The van der Waals surface area contributed by atoms with Crippen LogP contribution in [0.25, 0.3) is 0 Å². The van der Waals surface area contributed by atoms with Crippen LogP contribution in [0.1, 0.15) is 156 Å². The van der Waals surface area contributed by atoms with Gasteiger partial charge in [-0.25, -0.2) is 0 Å². The quantitative estimate of drug-likeness (QED) is 0.0898. The van der Waals surface area contributed by atoms with Crippen molar-refractivity contribution in [3.05, 3.63) is 0 Å². The highest BCUT2D eigenvalue weighted by atomic mass is 79.9. The van der Waals surface area contributed by atoms with Gasteiger partial charge in [-0.05, 0) is 32.1 Å². The smallest absolute Gasteiger partial charge is 0.0594 e. The Balaban J connectivity index is 0. The van der Waals surface area contributed by atoms with E-state index in [0.717, 1.165) is 0 Å². The summed E-state index contributed by atoms with van der Waals surface area (Å²) in [5.41, 5.74) is 0. The lowest BCUT2D eigenvalue weighted by Gasteiger charge is -2.28. The summed E-state index contributed by atoms with van der Waals surface area (Å²) in [5, 5.41) is 0. The molecule has 0 fully saturated rings. The fourth-order valence-electron chi connectivity index (χ4n) is 4.79. The number of halogens is 1. The van der Waals surface area contributed by atoms with Crippen molar-refractivity contribution in [3.63, 3.8) is 0 Å². The van der Waals surface area contributed by atoms with Gasteiger partial charge in [0.25, 0.3) is 0 Å². The first kappa shape index (κ1) is 33.1. The Hall–Kier alpha value is 0.910. The number of unbranched alkanes of at least 4 members (excludes halogenated alkanes) is 16. The normalized spacial score (nSPS) is 11.6. The molecule has 0 unspecified atom stereocenters. The molecule has 0 radical (unpaired) electrons. The second-order valence-corrected chi connectivity index (χ2v) is 14.4. The molecule has 0 N–H and O–H groups in total. The molecule has 0 saturated heterocycles. The van der Waals surface area contributed by atoms with Crippen LogP contribution in [-0.2, 0) is 0 Å². The third kappa shape index (κ3) is 20.8. The topological polar surface area (TPSA) is 0 Å². The summed E-state index contributed by atoms with van der Waals surface area (Å²) in [5.74, 6) is 0. The third-order valence-corrected chi connectivity index (χ3v) is 12.0. The lowest BCUT2D eigenvalue weighted by Crippen LogP contribution is -2.13. The van der Waals surface area contributed by atoms with E-state index in [1.807, 2.05) is 0 Å². The van der Waals surface area contributed by atoms with Gasteiger partial charge in [-0.15, -0.1) is 17.0 Å². The average Bonchev–Trinajstić information content (AvgIpc) is 2.74. The molecule has 0 aromatic carbocycles.